The van der Waals surface area contributed by atoms with E-state index in [-0.39, 0.29) is 12.2 Å². The van der Waals surface area contributed by atoms with Gasteiger partial charge in [-0.05, 0) is 17.7 Å². The van der Waals surface area contributed by atoms with Crippen molar-refractivity contribution < 1.29 is 14.3 Å². The fraction of sp³-hybridized carbons (Fsp3) is 0.125. The van der Waals surface area contributed by atoms with E-state index in [0.29, 0.717) is 23.5 Å². The zero-order chi connectivity index (χ0) is 13.2. The van der Waals surface area contributed by atoms with Crippen molar-refractivity contribution in [2.45, 2.75) is 13.0 Å². The minimum Gasteiger partial charge on any atom is -0.488 e. The first-order valence-corrected chi connectivity index (χ1v) is 6.03. The van der Waals surface area contributed by atoms with Gasteiger partial charge in [-0.25, -0.2) is 0 Å². The van der Waals surface area contributed by atoms with Crippen LogP contribution in [-0.2, 0) is 17.8 Å². The third kappa shape index (κ3) is 2.03. The van der Waals surface area contributed by atoms with Crippen molar-refractivity contribution in [3.63, 3.8) is 0 Å². The summed E-state index contributed by atoms with van der Waals surface area (Å²) >= 11 is 0. The number of rotatable bonds is 2. The van der Waals surface area contributed by atoms with Crippen molar-refractivity contribution in [3.8, 4) is 5.75 Å². The predicted molar refractivity (Wildman–Crippen MR) is 70.0 cm³/mol. The molecule has 3 nitrogen and oxygen atoms in total. The summed E-state index contributed by atoms with van der Waals surface area (Å²) in [6, 6.07) is 12.6. The van der Waals surface area contributed by atoms with Crippen LogP contribution in [0.25, 0.3) is 0 Å². The van der Waals surface area contributed by atoms with Gasteiger partial charge in [0.2, 0.25) is 6.29 Å². The molecule has 3 rings (SSSR count). The van der Waals surface area contributed by atoms with E-state index in [1.807, 2.05) is 30.6 Å². The minimum absolute atomic E-state index is 0.0373. The Balaban J connectivity index is 2.09. The standard InChI is InChI=1S/C16H11O3/c17-8-7-11-5-6-14-15(9-11)19-10-12-3-1-2-4-13(12)16(14)18/h1-6,9H,7,10H2. The SMILES string of the molecule is O=[C]Cc1ccc2c(c1)OCc1ccccc1C2=O. The van der Waals surface area contributed by atoms with Crippen LogP contribution >= 0.6 is 0 Å². The molecule has 0 amide bonds. The van der Waals surface area contributed by atoms with Gasteiger partial charge in [-0.2, -0.15) is 0 Å². The Hall–Kier alpha value is -2.42. The van der Waals surface area contributed by atoms with Crippen LogP contribution in [0.15, 0.2) is 42.5 Å². The van der Waals surface area contributed by atoms with E-state index in [1.54, 1.807) is 18.2 Å². The smallest absolute Gasteiger partial charge is 0.203 e. The molecule has 0 unspecified atom stereocenters. The molecule has 1 heterocycles. The molecule has 1 radical (unpaired) electrons. The molecular weight excluding hydrogens is 240 g/mol. The van der Waals surface area contributed by atoms with Gasteiger partial charge in [-0.1, -0.05) is 30.3 Å². The summed E-state index contributed by atoms with van der Waals surface area (Å²) in [6.07, 6.45) is 2.05. The van der Waals surface area contributed by atoms with Crippen LogP contribution in [0.1, 0.15) is 27.0 Å². The molecule has 0 spiro atoms. The molecule has 1 aliphatic heterocycles. The van der Waals surface area contributed by atoms with Crippen molar-refractivity contribution in [1.82, 2.24) is 0 Å². The number of carbonyl (C=O) groups excluding carboxylic acids is 2. The van der Waals surface area contributed by atoms with Crippen molar-refractivity contribution in [2.75, 3.05) is 0 Å². The topological polar surface area (TPSA) is 43.4 Å². The zero-order valence-corrected chi connectivity index (χ0v) is 10.2. The Morgan fingerprint density at radius 2 is 1.95 bits per heavy atom. The number of fused-ring (bicyclic) bond motifs is 2. The summed E-state index contributed by atoms with van der Waals surface area (Å²) in [5.74, 6) is 0.499. The van der Waals surface area contributed by atoms with Crippen LogP contribution in [0.3, 0.4) is 0 Å². The molecule has 0 aliphatic carbocycles. The van der Waals surface area contributed by atoms with Gasteiger partial charge in [-0.3, -0.25) is 9.59 Å². The van der Waals surface area contributed by atoms with E-state index in [4.69, 9.17) is 4.74 Å². The van der Waals surface area contributed by atoms with E-state index in [0.717, 1.165) is 11.1 Å². The van der Waals surface area contributed by atoms with Gasteiger partial charge in [0.25, 0.3) is 0 Å². The van der Waals surface area contributed by atoms with Gasteiger partial charge < -0.3 is 4.74 Å². The number of carbonyl (C=O) groups is 1. The molecule has 0 atom stereocenters. The maximum Gasteiger partial charge on any atom is 0.203 e. The summed E-state index contributed by atoms with van der Waals surface area (Å²) in [6.45, 7) is 0.364. The number of benzene rings is 2. The summed E-state index contributed by atoms with van der Waals surface area (Å²) in [5, 5.41) is 0. The first-order valence-electron chi connectivity index (χ1n) is 6.03. The summed E-state index contributed by atoms with van der Waals surface area (Å²) in [4.78, 5) is 22.9. The molecule has 0 bridgehead atoms. The predicted octanol–water partition coefficient (Wildman–Crippen LogP) is 2.46. The molecule has 0 aromatic heterocycles. The second-order valence-corrected chi connectivity index (χ2v) is 4.43. The second kappa shape index (κ2) is 4.69. The van der Waals surface area contributed by atoms with Crippen LogP contribution in [0.2, 0.25) is 0 Å². The lowest BCUT2D eigenvalue weighted by Crippen LogP contribution is -2.02. The molecule has 0 fully saturated rings. The van der Waals surface area contributed by atoms with E-state index in [1.165, 1.54) is 0 Å². The highest BCUT2D eigenvalue weighted by Gasteiger charge is 2.21. The van der Waals surface area contributed by atoms with Crippen LogP contribution < -0.4 is 4.74 Å². The Morgan fingerprint density at radius 3 is 2.79 bits per heavy atom. The lowest BCUT2D eigenvalue weighted by atomic mass is 9.98. The maximum absolute atomic E-state index is 12.4. The number of hydrogen-bond acceptors (Lipinski definition) is 3. The van der Waals surface area contributed by atoms with Crippen LogP contribution in [0.5, 0.6) is 5.75 Å². The monoisotopic (exact) mass is 251 g/mol. The highest BCUT2D eigenvalue weighted by atomic mass is 16.5. The third-order valence-electron chi connectivity index (χ3n) is 3.21. The fourth-order valence-electron chi connectivity index (χ4n) is 2.24. The van der Waals surface area contributed by atoms with Crippen molar-refractivity contribution in [3.05, 3.63) is 64.7 Å². The molecule has 0 N–H and O–H groups in total. The molecule has 19 heavy (non-hydrogen) atoms. The highest BCUT2D eigenvalue weighted by molar-refractivity contribution is 6.12. The Bertz CT molecular complexity index is 659. The first-order chi connectivity index (χ1) is 9.29. The molecule has 2 aromatic rings. The molecule has 0 saturated heterocycles. The van der Waals surface area contributed by atoms with E-state index in [2.05, 4.69) is 0 Å². The van der Waals surface area contributed by atoms with Crippen molar-refractivity contribution in [2.24, 2.45) is 0 Å². The first kappa shape index (κ1) is 11.7. The lowest BCUT2D eigenvalue weighted by Gasteiger charge is -2.07. The summed E-state index contributed by atoms with van der Waals surface area (Å²) in [5.41, 5.74) is 2.90. The van der Waals surface area contributed by atoms with E-state index >= 15 is 0 Å². The third-order valence-corrected chi connectivity index (χ3v) is 3.21. The van der Waals surface area contributed by atoms with Gasteiger partial charge in [0.1, 0.15) is 12.4 Å². The van der Waals surface area contributed by atoms with Gasteiger partial charge >= 0.3 is 0 Å². The van der Waals surface area contributed by atoms with Gasteiger partial charge in [0.05, 0.1) is 5.56 Å². The minimum atomic E-state index is -0.0373. The van der Waals surface area contributed by atoms with E-state index in [9.17, 15) is 9.59 Å². The molecule has 1 aliphatic rings. The average Bonchev–Trinajstić information content (AvgIpc) is 2.58. The molecule has 93 valence electrons. The Kier molecular flexibility index (Phi) is 2.88. The molecule has 3 heteroatoms. The zero-order valence-electron chi connectivity index (χ0n) is 10.2. The second-order valence-electron chi connectivity index (χ2n) is 4.43. The van der Waals surface area contributed by atoms with Gasteiger partial charge in [0.15, 0.2) is 5.78 Å². The largest absolute Gasteiger partial charge is 0.488 e. The molecule has 0 saturated carbocycles. The number of ketones is 1. The summed E-state index contributed by atoms with van der Waals surface area (Å²) in [7, 11) is 0. The van der Waals surface area contributed by atoms with Gasteiger partial charge in [0, 0.05) is 17.5 Å². The average molecular weight is 251 g/mol. The molecule has 2 aromatic carbocycles. The molecular formula is C16H11O3. The van der Waals surface area contributed by atoms with Gasteiger partial charge in [-0.15, -0.1) is 0 Å². The van der Waals surface area contributed by atoms with Crippen LogP contribution in [0.4, 0.5) is 0 Å². The normalized spacial score (nSPS) is 12.9. The van der Waals surface area contributed by atoms with Crippen LogP contribution in [0, 0.1) is 0 Å². The quantitative estimate of drug-likeness (QED) is 0.823. The Morgan fingerprint density at radius 1 is 1.11 bits per heavy atom. The fourth-order valence-corrected chi connectivity index (χ4v) is 2.24. The lowest BCUT2D eigenvalue weighted by molar-refractivity contribution is 0.103. The highest BCUT2D eigenvalue weighted by Crippen LogP contribution is 2.29. The van der Waals surface area contributed by atoms with E-state index < -0.39 is 0 Å². The Labute approximate surface area is 110 Å². The van der Waals surface area contributed by atoms with Crippen LogP contribution in [-0.4, -0.2) is 12.1 Å². The maximum atomic E-state index is 12.4. The number of ether oxygens (including phenoxy) is 1. The summed E-state index contributed by atoms with van der Waals surface area (Å²) < 4.78 is 5.68. The van der Waals surface area contributed by atoms with Crippen molar-refractivity contribution >= 4 is 12.1 Å². The van der Waals surface area contributed by atoms with Crippen molar-refractivity contribution in [1.29, 1.82) is 0 Å². The number of hydrogen-bond donors (Lipinski definition) is 0.